The average Bonchev–Trinajstić information content (AvgIpc) is 2.61. The molecule has 1 atom stereocenters. The maximum atomic E-state index is 6.18. The molecule has 1 unspecified atom stereocenters. The molecule has 0 N–H and O–H groups in total. The number of hydrogen-bond donors (Lipinski definition) is 0. The second-order valence-corrected chi connectivity index (χ2v) is 27.8. The molecule has 0 amide bonds. The van der Waals surface area contributed by atoms with Gasteiger partial charge >= 0.3 is 0 Å². The summed E-state index contributed by atoms with van der Waals surface area (Å²) in [6.07, 6.45) is 17.8. The Balaban J connectivity index is 2.57. The molecule has 0 saturated carbocycles. The third kappa shape index (κ3) is 8.82. The lowest BCUT2D eigenvalue weighted by Gasteiger charge is -2.42. The first-order valence-corrected chi connectivity index (χ1v) is 20.5. The van der Waals surface area contributed by atoms with Gasteiger partial charge in [-0.15, -0.1) is 0 Å². The number of rotatable bonds is 15. The van der Waals surface area contributed by atoms with E-state index in [1.54, 1.807) is 43.4 Å². The van der Waals surface area contributed by atoms with E-state index in [0.717, 1.165) is 0 Å². The van der Waals surface area contributed by atoms with E-state index in [2.05, 4.69) is 20.8 Å². The molecule has 0 bridgehead atoms. The molecule has 1 aliphatic heterocycles. The van der Waals surface area contributed by atoms with Crippen molar-refractivity contribution in [2.24, 2.45) is 0 Å². The lowest BCUT2D eigenvalue weighted by molar-refractivity contribution is 0.363. The van der Waals surface area contributed by atoms with E-state index >= 15 is 0 Å². The van der Waals surface area contributed by atoms with Crippen LogP contribution in [0.2, 0.25) is 24.2 Å². The van der Waals surface area contributed by atoms with Crippen molar-refractivity contribution in [3.8, 4) is 0 Å². The highest BCUT2D eigenvalue weighted by Gasteiger charge is 2.42. The van der Waals surface area contributed by atoms with Crippen LogP contribution in [0.5, 0.6) is 0 Å². The van der Waals surface area contributed by atoms with Gasteiger partial charge in [0.15, 0.2) is 0 Å². The Kier molecular flexibility index (Phi) is 13.9. The zero-order chi connectivity index (χ0) is 17.5. The van der Waals surface area contributed by atoms with Gasteiger partial charge in [0.25, 0.3) is 0 Å². The predicted molar refractivity (Wildman–Crippen MR) is 119 cm³/mol. The minimum atomic E-state index is -0.897. The third-order valence-electron chi connectivity index (χ3n) is 6.39. The topological polar surface area (TPSA) is 9.23 Å². The lowest BCUT2D eigenvalue weighted by atomic mass is 10.2. The molecule has 1 heterocycles. The normalized spacial score (nSPS) is 21.4. The highest BCUT2D eigenvalue weighted by Crippen LogP contribution is 2.34. The van der Waals surface area contributed by atoms with Crippen LogP contribution in [0.25, 0.3) is 0 Å². The fourth-order valence-electron chi connectivity index (χ4n) is 4.68. The molecule has 0 aromatic carbocycles. The monoisotopic (exact) mass is 386 g/mol. The summed E-state index contributed by atoms with van der Waals surface area (Å²) in [6.45, 7) is 8.23. The van der Waals surface area contributed by atoms with E-state index in [1.807, 2.05) is 0 Å². The lowest BCUT2D eigenvalue weighted by Crippen LogP contribution is -2.59. The Labute approximate surface area is 157 Å². The van der Waals surface area contributed by atoms with Crippen LogP contribution in [0.15, 0.2) is 0 Å². The highest BCUT2D eigenvalue weighted by atomic mass is 29.6. The van der Waals surface area contributed by atoms with E-state index in [9.17, 15) is 0 Å². The summed E-state index contributed by atoms with van der Waals surface area (Å²) >= 11 is 0. The molecule has 0 radical (unpaired) electrons. The van der Waals surface area contributed by atoms with Crippen LogP contribution in [0.1, 0.15) is 97.8 Å². The van der Waals surface area contributed by atoms with Gasteiger partial charge in [-0.05, 0) is 6.04 Å². The molecule has 1 rings (SSSR count). The van der Waals surface area contributed by atoms with Crippen LogP contribution in [0, 0.1) is 0 Å². The highest BCUT2D eigenvalue weighted by molar-refractivity contribution is 7.51. The molecule has 24 heavy (non-hydrogen) atoms. The summed E-state index contributed by atoms with van der Waals surface area (Å²) in [5.74, 6) is 0. The Hall–Kier alpha value is 0.611. The van der Waals surface area contributed by atoms with Crippen LogP contribution in [-0.4, -0.2) is 31.3 Å². The molecule has 144 valence electrons. The average molecular weight is 387 g/mol. The molecule has 4 heteroatoms. The Bertz CT molecular complexity index is 274. The van der Waals surface area contributed by atoms with E-state index in [-0.39, 0.29) is 9.28 Å². The van der Waals surface area contributed by atoms with Crippen molar-refractivity contribution < 1.29 is 4.43 Å². The van der Waals surface area contributed by atoms with Gasteiger partial charge in [-0.3, -0.25) is 0 Å². The zero-order valence-electron chi connectivity index (χ0n) is 17.2. The summed E-state index contributed by atoms with van der Waals surface area (Å²) < 4.78 is 6.18. The van der Waals surface area contributed by atoms with Crippen molar-refractivity contribution >= 4 is 24.7 Å². The van der Waals surface area contributed by atoms with Crippen molar-refractivity contribution in [3.63, 3.8) is 0 Å². The van der Waals surface area contributed by atoms with Crippen LogP contribution >= 0.6 is 0 Å². The molecule has 0 aromatic heterocycles. The van der Waals surface area contributed by atoms with E-state index in [1.165, 1.54) is 64.4 Å². The molecule has 0 aromatic rings. The van der Waals surface area contributed by atoms with Gasteiger partial charge in [-0.1, -0.05) is 116 Å². The first kappa shape index (κ1) is 22.7. The predicted octanol–water partition coefficient (Wildman–Crippen LogP) is 6.09. The standard InChI is InChI=1S/C20H46OSi3/c1-4-7-10-13-17-23-22-21-16-20-24(23,18-14-11-8-5-2)19-15-12-9-6-3/h23H,4-20,22H2,1-3H3. The number of hydrogen-bond acceptors (Lipinski definition) is 1. The van der Waals surface area contributed by atoms with Crippen molar-refractivity contribution in [1.29, 1.82) is 0 Å². The fourth-order valence-corrected chi connectivity index (χ4v) is 33.1. The SMILES string of the molecule is CCCCCC[SiH]1[SiH2]OCC[Si]1(CCCCCC)CCCCCC. The smallest absolute Gasteiger partial charge is 0.144 e. The first-order valence-electron chi connectivity index (χ1n) is 11.4. The summed E-state index contributed by atoms with van der Waals surface area (Å²) in [5.41, 5.74) is 0. The maximum Gasteiger partial charge on any atom is 0.144 e. The Morgan fingerprint density at radius 2 is 1.29 bits per heavy atom. The van der Waals surface area contributed by atoms with Crippen LogP contribution < -0.4 is 0 Å². The number of unbranched alkanes of at least 4 members (excludes halogenated alkanes) is 9. The van der Waals surface area contributed by atoms with Crippen LogP contribution in [-0.2, 0) is 4.43 Å². The van der Waals surface area contributed by atoms with Gasteiger partial charge in [0.1, 0.15) is 9.28 Å². The third-order valence-corrected chi connectivity index (χ3v) is 35.1. The van der Waals surface area contributed by atoms with Gasteiger partial charge in [0.05, 0.1) is 7.83 Å². The fraction of sp³-hybridized carbons (Fsp3) is 1.00. The van der Waals surface area contributed by atoms with Crippen LogP contribution in [0.4, 0.5) is 0 Å². The second-order valence-electron chi connectivity index (χ2n) is 8.35. The molecular weight excluding hydrogens is 340 g/mol. The minimum Gasteiger partial charge on any atom is -0.428 e. The Morgan fingerprint density at radius 3 is 1.83 bits per heavy atom. The summed E-state index contributed by atoms with van der Waals surface area (Å²) in [7, 11) is -1.46. The van der Waals surface area contributed by atoms with Crippen molar-refractivity contribution in [2.45, 2.75) is 122 Å². The van der Waals surface area contributed by atoms with Crippen LogP contribution in [0.3, 0.4) is 0 Å². The molecule has 1 aliphatic rings. The molecule has 0 aliphatic carbocycles. The minimum absolute atomic E-state index is 0.0942. The molecule has 1 fully saturated rings. The van der Waals surface area contributed by atoms with E-state index < -0.39 is 15.4 Å². The van der Waals surface area contributed by atoms with E-state index in [4.69, 9.17) is 4.43 Å². The van der Waals surface area contributed by atoms with Gasteiger partial charge in [0, 0.05) is 14.2 Å². The van der Waals surface area contributed by atoms with Gasteiger partial charge < -0.3 is 4.43 Å². The largest absolute Gasteiger partial charge is 0.428 e. The maximum absolute atomic E-state index is 6.18. The first-order chi connectivity index (χ1) is 11.8. The Morgan fingerprint density at radius 1 is 0.750 bits per heavy atom. The summed E-state index contributed by atoms with van der Waals surface area (Å²) in [6, 6.07) is 6.67. The van der Waals surface area contributed by atoms with Crippen molar-refractivity contribution in [1.82, 2.24) is 0 Å². The molecule has 1 saturated heterocycles. The van der Waals surface area contributed by atoms with Crippen molar-refractivity contribution in [3.05, 3.63) is 0 Å². The zero-order valence-corrected chi connectivity index (χ0v) is 20.8. The second kappa shape index (κ2) is 14.7. The van der Waals surface area contributed by atoms with Gasteiger partial charge in [-0.2, -0.15) is 0 Å². The van der Waals surface area contributed by atoms with Gasteiger partial charge in [0.2, 0.25) is 0 Å². The van der Waals surface area contributed by atoms with Gasteiger partial charge in [-0.25, -0.2) is 0 Å². The summed E-state index contributed by atoms with van der Waals surface area (Å²) in [5, 5.41) is 0. The quantitative estimate of drug-likeness (QED) is 0.244. The molecule has 0 spiro atoms. The van der Waals surface area contributed by atoms with E-state index in [0.29, 0.717) is 0 Å². The summed E-state index contributed by atoms with van der Waals surface area (Å²) in [4.78, 5) is 0. The van der Waals surface area contributed by atoms with Crippen molar-refractivity contribution in [2.75, 3.05) is 6.61 Å². The molecule has 1 nitrogen and oxygen atoms in total. The molecular formula is C20H46OSi3.